The molecule has 1 unspecified atom stereocenters. The van der Waals surface area contributed by atoms with Gasteiger partial charge in [0.25, 0.3) is 5.91 Å². The van der Waals surface area contributed by atoms with E-state index in [0.717, 1.165) is 11.1 Å². The molecular weight excluding hydrogens is 418 g/mol. The van der Waals surface area contributed by atoms with E-state index in [0.29, 0.717) is 23.6 Å². The molecule has 0 radical (unpaired) electrons. The number of ketones is 1. The highest BCUT2D eigenvalue weighted by molar-refractivity contribution is 6.16. The van der Waals surface area contributed by atoms with Gasteiger partial charge in [-0.25, -0.2) is 0 Å². The maximum Gasteiger partial charge on any atom is 0.294 e. The molecule has 33 heavy (non-hydrogen) atoms. The lowest BCUT2D eigenvalue weighted by molar-refractivity contribution is -0.118. The smallest absolute Gasteiger partial charge is 0.294 e. The Hall–Kier alpha value is -3.80. The van der Waals surface area contributed by atoms with Crippen molar-refractivity contribution in [3.05, 3.63) is 84.0 Å². The van der Waals surface area contributed by atoms with Crippen LogP contribution in [0.15, 0.2) is 82.9 Å². The first-order valence-electron chi connectivity index (χ1n) is 11.1. The number of aliphatic hydroxyl groups is 1. The molecule has 1 amide bonds. The number of carbonyl (C=O) groups excluding carboxylic acids is 2. The molecule has 0 saturated heterocycles. The van der Waals surface area contributed by atoms with Crippen LogP contribution >= 0.6 is 0 Å². The summed E-state index contributed by atoms with van der Waals surface area (Å²) in [7, 11) is 0. The van der Waals surface area contributed by atoms with Crippen molar-refractivity contribution in [3.8, 4) is 16.9 Å². The standard InChI is InChI=1S/C27H27NO5/c1-4-33-23-8-6-5-7-21(23)25-24(22(29)15-17(2)3)26(30)27(31)28(25)20-11-9-18(10-12-20)19-13-14-32-16-19/h5-14,16-17,25,30H,4,15H2,1-3H3. The molecule has 170 valence electrons. The van der Waals surface area contributed by atoms with Crippen LogP contribution in [0.25, 0.3) is 11.1 Å². The van der Waals surface area contributed by atoms with Crippen molar-refractivity contribution in [3.63, 3.8) is 0 Å². The monoisotopic (exact) mass is 445 g/mol. The van der Waals surface area contributed by atoms with Crippen LogP contribution in [0.5, 0.6) is 5.75 Å². The van der Waals surface area contributed by atoms with Crippen LogP contribution in [0.1, 0.15) is 38.8 Å². The number of ether oxygens (including phenoxy) is 1. The number of benzene rings is 2. The molecule has 4 rings (SSSR count). The van der Waals surface area contributed by atoms with Gasteiger partial charge in [-0.05, 0) is 42.7 Å². The molecule has 3 aromatic rings. The number of furan rings is 1. The van der Waals surface area contributed by atoms with E-state index < -0.39 is 17.7 Å². The second-order valence-corrected chi connectivity index (χ2v) is 8.39. The maximum atomic E-state index is 13.3. The van der Waals surface area contributed by atoms with Crippen LogP contribution in [0.3, 0.4) is 0 Å². The summed E-state index contributed by atoms with van der Waals surface area (Å²) in [4.78, 5) is 28.0. The number of Topliss-reactive ketones (excluding diaryl/α,β-unsaturated/α-hetero) is 1. The first kappa shape index (κ1) is 22.4. The Morgan fingerprint density at radius 1 is 1.09 bits per heavy atom. The number of hydrogen-bond donors (Lipinski definition) is 1. The van der Waals surface area contributed by atoms with E-state index in [9.17, 15) is 14.7 Å². The molecule has 0 aliphatic carbocycles. The van der Waals surface area contributed by atoms with E-state index >= 15 is 0 Å². The minimum Gasteiger partial charge on any atom is -0.503 e. The number of para-hydroxylation sites is 1. The maximum absolute atomic E-state index is 13.3. The summed E-state index contributed by atoms with van der Waals surface area (Å²) in [6.07, 6.45) is 3.48. The van der Waals surface area contributed by atoms with Gasteiger partial charge in [0.2, 0.25) is 0 Å². The molecule has 2 heterocycles. The lowest BCUT2D eigenvalue weighted by Crippen LogP contribution is -2.31. The molecule has 1 aromatic heterocycles. The van der Waals surface area contributed by atoms with E-state index in [1.165, 1.54) is 4.90 Å². The number of rotatable bonds is 8. The average molecular weight is 446 g/mol. The largest absolute Gasteiger partial charge is 0.503 e. The number of hydrogen-bond acceptors (Lipinski definition) is 5. The third-order valence-corrected chi connectivity index (χ3v) is 5.62. The summed E-state index contributed by atoms with van der Waals surface area (Å²) in [5.41, 5.74) is 3.19. The van der Waals surface area contributed by atoms with Crippen molar-refractivity contribution in [2.24, 2.45) is 5.92 Å². The molecule has 1 N–H and O–H groups in total. The molecule has 0 saturated carbocycles. The lowest BCUT2D eigenvalue weighted by Gasteiger charge is -2.28. The number of anilines is 1. The molecule has 0 fully saturated rings. The van der Waals surface area contributed by atoms with Gasteiger partial charge >= 0.3 is 0 Å². The van der Waals surface area contributed by atoms with E-state index in [1.807, 2.05) is 63.2 Å². The van der Waals surface area contributed by atoms with Crippen LogP contribution in [0.4, 0.5) is 5.69 Å². The van der Waals surface area contributed by atoms with Gasteiger partial charge in [-0.3, -0.25) is 14.5 Å². The SMILES string of the molecule is CCOc1ccccc1C1C(C(=O)CC(C)C)=C(O)C(=O)N1c1ccc(-c2ccoc2)cc1. The van der Waals surface area contributed by atoms with E-state index in [2.05, 4.69) is 0 Å². The van der Waals surface area contributed by atoms with Crippen LogP contribution < -0.4 is 9.64 Å². The molecule has 1 aliphatic heterocycles. The molecule has 1 atom stereocenters. The van der Waals surface area contributed by atoms with Gasteiger partial charge in [0.05, 0.1) is 30.7 Å². The third-order valence-electron chi connectivity index (χ3n) is 5.62. The highest BCUT2D eigenvalue weighted by Gasteiger charge is 2.45. The van der Waals surface area contributed by atoms with Crippen LogP contribution in [0.2, 0.25) is 0 Å². The molecule has 0 spiro atoms. The van der Waals surface area contributed by atoms with Crippen molar-refractivity contribution in [1.82, 2.24) is 0 Å². The fourth-order valence-corrected chi connectivity index (χ4v) is 4.17. The number of aliphatic hydroxyl groups excluding tert-OH is 1. The number of nitrogens with zero attached hydrogens (tertiary/aromatic N) is 1. The minimum absolute atomic E-state index is 0.0824. The van der Waals surface area contributed by atoms with Crippen molar-refractivity contribution < 1.29 is 23.8 Å². The van der Waals surface area contributed by atoms with Gasteiger partial charge in [0.15, 0.2) is 11.5 Å². The summed E-state index contributed by atoms with van der Waals surface area (Å²) in [6, 6.07) is 15.8. The minimum atomic E-state index is -0.786. The Kier molecular flexibility index (Phi) is 6.36. The highest BCUT2D eigenvalue weighted by Crippen LogP contribution is 2.44. The van der Waals surface area contributed by atoms with Crippen molar-refractivity contribution in [1.29, 1.82) is 0 Å². The van der Waals surface area contributed by atoms with Crippen LogP contribution in [0, 0.1) is 5.92 Å². The van der Waals surface area contributed by atoms with Gasteiger partial charge in [0.1, 0.15) is 5.75 Å². The van der Waals surface area contributed by atoms with E-state index in [4.69, 9.17) is 9.15 Å². The summed E-state index contributed by atoms with van der Waals surface area (Å²) in [5, 5.41) is 10.8. The average Bonchev–Trinajstić information content (AvgIpc) is 3.42. The Labute approximate surface area is 193 Å². The van der Waals surface area contributed by atoms with Crippen LogP contribution in [-0.4, -0.2) is 23.4 Å². The lowest BCUT2D eigenvalue weighted by atomic mass is 9.91. The summed E-state index contributed by atoms with van der Waals surface area (Å²) in [5.74, 6) is -0.698. The van der Waals surface area contributed by atoms with Gasteiger partial charge < -0.3 is 14.3 Å². The predicted octanol–water partition coefficient (Wildman–Crippen LogP) is 5.86. The summed E-state index contributed by atoms with van der Waals surface area (Å²) in [6.45, 7) is 6.17. The second kappa shape index (κ2) is 9.36. The fraction of sp³-hybridized carbons (Fsp3) is 0.259. The Morgan fingerprint density at radius 3 is 2.45 bits per heavy atom. The predicted molar refractivity (Wildman–Crippen MR) is 126 cm³/mol. The first-order valence-corrected chi connectivity index (χ1v) is 11.1. The normalized spacial score (nSPS) is 16.1. The quantitative estimate of drug-likeness (QED) is 0.470. The second-order valence-electron chi connectivity index (χ2n) is 8.39. The van der Waals surface area contributed by atoms with Gasteiger partial charge in [-0.2, -0.15) is 0 Å². The Balaban J connectivity index is 1.82. The van der Waals surface area contributed by atoms with Gasteiger partial charge in [-0.15, -0.1) is 0 Å². The highest BCUT2D eigenvalue weighted by atomic mass is 16.5. The zero-order valence-corrected chi connectivity index (χ0v) is 18.9. The molecule has 6 nitrogen and oxygen atoms in total. The summed E-state index contributed by atoms with van der Waals surface area (Å²) >= 11 is 0. The molecule has 6 heteroatoms. The number of amides is 1. The fourth-order valence-electron chi connectivity index (χ4n) is 4.17. The molecule has 1 aliphatic rings. The van der Waals surface area contributed by atoms with Gasteiger partial charge in [-0.1, -0.05) is 44.2 Å². The van der Waals surface area contributed by atoms with Crippen molar-refractivity contribution >= 4 is 17.4 Å². The van der Waals surface area contributed by atoms with Crippen molar-refractivity contribution in [2.45, 2.75) is 33.2 Å². The van der Waals surface area contributed by atoms with Crippen molar-refractivity contribution in [2.75, 3.05) is 11.5 Å². The zero-order chi connectivity index (χ0) is 23.5. The third kappa shape index (κ3) is 4.29. The Bertz CT molecular complexity index is 1180. The summed E-state index contributed by atoms with van der Waals surface area (Å²) < 4.78 is 11.0. The van der Waals surface area contributed by atoms with Gasteiger partial charge in [0, 0.05) is 23.2 Å². The molecule has 0 bridgehead atoms. The molecule has 2 aromatic carbocycles. The first-order chi connectivity index (χ1) is 15.9. The van der Waals surface area contributed by atoms with E-state index in [1.54, 1.807) is 24.7 Å². The molecular formula is C27H27NO5. The Morgan fingerprint density at radius 2 is 1.82 bits per heavy atom. The topological polar surface area (TPSA) is 80.0 Å². The van der Waals surface area contributed by atoms with E-state index in [-0.39, 0.29) is 23.7 Å². The zero-order valence-electron chi connectivity index (χ0n) is 18.9. The van der Waals surface area contributed by atoms with Crippen LogP contribution in [-0.2, 0) is 9.59 Å². The number of carbonyl (C=O) groups is 2.